The first kappa shape index (κ1) is 12.7. The zero-order valence-electron chi connectivity index (χ0n) is 10.6. The summed E-state index contributed by atoms with van der Waals surface area (Å²) in [5, 5.41) is 19.4. The number of aliphatic hydroxyl groups is 1. The van der Waals surface area contributed by atoms with Crippen LogP contribution in [-0.4, -0.2) is 12.2 Å². The van der Waals surface area contributed by atoms with Crippen molar-refractivity contribution in [1.29, 1.82) is 5.39 Å². The van der Waals surface area contributed by atoms with Crippen molar-refractivity contribution in [1.82, 2.24) is 0 Å². The number of hydrogen-bond donors (Lipinski definition) is 1. The van der Waals surface area contributed by atoms with Gasteiger partial charge in [0, 0.05) is 12.7 Å². The monoisotopic (exact) mass is 252 g/mol. The predicted octanol–water partition coefficient (Wildman–Crippen LogP) is 3.86. The van der Waals surface area contributed by atoms with Crippen molar-refractivity contribution in [2.75, 3.05) is 11.9 Å². The van der Waals surface area contributed by atoms with Crippen LogP contribution in [0.4, 0.5) is 5.69 Å². The van der Waals surface area contributed by atoms with Gasteiger partial charge < -0.3 is 10.0 Å². The number of diazo groups is 1. The fraction of sp³-hybridized carbons (Fsp3) is 0.0667. The lowest BCUT2D eigenvalue weighted by atomic mass is 10.1. The highest BCUT2D eigenvalue weighted by atomic mass is 16.3. The van der Waals surface area contributed by atoms with Gasteiger partial charge in [0.1, 0.15) is 0 Å². The topological polar surface area (TPSA) is 51.6 Å². The Morgan fingerprint density at radius 2 is 1.53 bits per heavy atom. The van der Waals surface area contributed by atoms with Crippen LogP contribution in [0.15, 0.2) is 66.5 Å². The Balaban J connectivity index is 2.43. The molecule has 0 bridgehead atoms. The van der Waals surface area contributed by atoms with Gasteiger partial charge >= 0.3 is 5.70 Å². The van der Waals surface area contributed by atoms with Crippen molar-refractivity contribution in [3.8, 4) is 0 Å². The van der Waals surface area contributed by atoms with Crippen LogP contribution in [0, 0.1) is 5.39 Å². The zero-order chi connectivity index (χ0) is 13.7. The normalized spacial score (nSPS) is 11.4. The SMILES string of the molecule is CN(C(O)=C([N+]#N)c1ccccc1)c1ccccc1. The number of benzene rings is 2. The molecule has 0 fully saturated rings. The fourth-order valence-electron chi connectivity index (χ4n) is 1.76. The zero-order valence-corrected chi connectivity index (χ0v) is 10.6. The smallest absolute Gasteiger partial charge is 0.451 e. The summed E-state index contributed by atoms with van der Waals surface area (Å²) in [5.41, 5.74) is 1.58. The van der Waals surface area contributed by atoms with E-state index in [1.165, 1.54) is 0 Å². The predicted molar refractivity (Wildman–Crippen MR) is 75.9 cm³/mol. The maximum absolute atomic E-state index is 10.2. The van der Waals surface area contributed by atoms with Crippen molar-refractivity contribution in [2.24, 2.45) is 0 Å². The summed E-state index contributed by atoms with van der Waals surface area (Å²) in [6, 6.07) is 18.4. The second-order valence-electron chi connectivity index (χ2n) is 4.03. The molecule has 4 heteroatoms. The Morgan fingerprint density at radius 3 is 2.05 bits per heavy atom. The summed E-state index contributed by atoms with van der Waals surface area (Å²) in [5.74, 6) is -0.111. The van der Waals surface area contributed by atoms with Gasteiger partial charge in [-0.2, -0.15) is 0 Å². The van der Waals surface area contributed by atoms with Gasteiger partial charge in [-0.3, -0.25) is 0 Å². The van der Waals surface area contributed by atoms with Crippen molar-refractivity contribution in [2.45, 2.75) is 0 Å². The van der Waals surface area contributed by atoms with Gasteiger partial charge in [0.25, 0.3) is 5.88 Å². The third-order valence-corrected chi connectivity index (χ3v) is 2.82. The molecule has 0 aliphatic heterocycles. The van der Waals surface area contributed by atoms with Gasteiger partial charge in [-0.25, -0.2) is 0 Å². The first-order valence-corrected chi connectivity index (χ1v) is 5.86. The molecule has 2 aromatic carbocycles. The van der Waals surface area contributed by atoms with Crippen molar-refractivity contribution >= 4 is 11.4 Å². The molecule has 0 aromatic heterocycles. The molecule has 0 heterocycles. The van der Waals surface area contributed by atoms with E-state index in [1.807, 2.05) is 48.5 Å². The number of rotatable bonds is 3. The molecule has 1 N–H and O–H groups in total. The van der Waals surface area contributed by atoms with E-state index in [2.05, 4.69) is 4.98 Å². The van der Waals surface area contributed by atoms with Gasteiger partial charge in [-0.15, -0.1) is 0 Å². The van der Waals surface area contributed by atoms with Gasteiger partial charge in [-0.1, -0.05) is 36.4 Å². The van der Waals surface area contributed by atoms with Crippen molar-refractivity contribution in [3.05, 3.63) is 77.1 Å². The van der Waals surface area contributed by atoms with Crippen LogP contribution in [-0.2, 0) is 0 Å². The average molecular weight is 252 g/mol. The number of para-hydroxylation sites is 1. The lowest BCUT2D eigenvalue weighted by molar-refractivity contribution is 0.400. The minimum absolute atomic E-state index is 0.111. The number of aliphatic hydroxyl groups excluding tert-OH is 1. The molecule has 2 rings (SSSR count). The number of anilines is 1. The highest BCUT2D eigenvalue weighted by molar-refractivity contribution is 5.74. The van der Waals surface area contributed by atoms with E-state index < -0.39 is 0 Å². The molecule has 19 heavy (non-hydrogen) atoms. The summed E-state index contributed by atoms with van der Waals surface area (Å²) in [6.45, 7) is 0. The molecule has 0 spiro atoms. The van der Waals surface area contributed by atoms with E-state index >= 15 is 0 Å². The number of nitrogens with zero attached hydrogens (tertiary/aromatic N) is 3. The van der Waals surface area contributed by atoms with E-state index in [4.69, 9.17) is 5.39 Å². The van der Waals surface area contributed by atoms with E-state index in [1.54, 1.807) is 24.1 Å². The van der Waals surface area contributed by atoms with Crippen molar-refractivity contribution < 1.29 is 5.11 Å². The molecular weight excluding hydrogens is 238 g/mol. The van der Waals surface area contributed by atoms with E-state index in [0.29, 0.717) is 5.56 Å². The Kier molecular flexibility index (Phi) is 3.79. The Bertz CT molecular complexity index is 615. The molecule has 0 aliphatic carbocycles. The Labute approximate surface area is 111 Å². The Morgan fingerprint density at radius 1 is 1.00 bits per heavy atom. The van der Waals surface area contributed by atoms with Gasteiger partial charge in [0.15, 0.2) is 4.98 Å². The lowest BCUT2D eigenvalue weighted by Crippen LogP contribution is -2.17. The standard InChI is InChI=1S/C15H13N3O/c1-18(13-10-6-3-7-11-13)15(19)14(17-16)12-8-4-2-5-9-12/h2-11H,1H3/p+1. The van der Waals surface area contributed by atoms with Crippen molar-refractivity contribution in [3.63, 3.8) is 0 Å². The minimum Gasteiger partial charge on any atom is -0.489 e. The summed E-state index contributed by atoms with van der Waals surface area (Å²) < 4.78 is 0. The summed E-state index contributed by atoms with van der Waals surface area (Å²) >= 11 is 0. The van der Waals surface area contributed by atoms with Crippen LogP contribution >= 0.6 is 0 Å². The van der Waals surface area contributed by atoms with Crippen LogP contribution in [0.1, 0.15) is 5.56 Å². The van der Waals surface area contributed by atoms with Crippen LogP contribution in [0.3, 0.4) is 0 Å². The molecule has 4 nitrogen and oxygen atoms in total. The third-order valence-electron chi connectivity index (χ3n) is 2.82. The first-order chi connectivity index (χ1) is 9.24. The van der Waals surface area contributed by atoms with Crippen LogP contribution in [0.2, 0.25) is 0 Å². The molecule has 0 saturated heterocycles. The van der Waals surface area contributed by atoms with Crippen LogP contribution in [0.5, 0.6) is 0 Å². The minimum atomic E-state index is -0.111. The molecule has 0 amide bonds. The molecule has 2 aromatic rings. The van der Waals surface area contributed by atoms with Gasteiger partial charge in [0.2, 0.25) is 5.39 Å². The van der Waals surface area contributed by atoms with Crippen LogP contribution < -0.4 is 4.90 Å². The van der Waals surface area contributed by atoms with E-state index in [0.717, 1.165) is 5.69 Å². The first-order valence-electron chi connectivity index (χ1n) is 5.86. The molecule has 0 radical (unpaired) electrons. The number of hydrogen-bond acceptors (Lipinski definition) is 3. The van der Waals surface area contributed by atoms with E-state index in [9.17, 15) is 5.11 Å². The van der Waals surface area contributed by atoms with Crippen LogP contribution in [0.25, 0.3) is 10.7 Å². The third kappa shape index (κ3) is 2.72. The quantitative estimate of drug-likeness (QED) is 0.666. The molecule has 0 unspecified atom stereocenters. The fourth-order valence-corrected chi connectivity index (χ4v) is 1.76. The second-order valence-corrected chi connectivity index (χ2v) is 4.03. The molecular formula is C15H14N3O+. The maximum Gasteiger partial charge on any atom is 0.451 e. The summed E-state index contributed by atoms with van der Waals surface area (Å²) in [4.78, 5) is 4.75. The largest absolute Gasteiger partial charge is 0.489 e. The molecule has 94 valence electrons. The van der Waals surface area contributed by atoms with E-state index in [-0.39, 0.29) is 11.6 Å². The summed E-state index contributed by atoms with van der Waals surface area (Å²) in [7, 11) is 1.71. The Hall–Kier alpha value is -2.80. The van der Waals surface area contributed by atoms with Gasteiger partial charge in [0.05, 0.1) is 5.56 Å². The highest BCUT2D eigenvalue weighted by Gasteiger charge is 2.24. The highest BCUT2D eigenvalue weighted by Crippen LogP contribution is 2.24. The van der Waals surface area contributed by atoms with Gasteiger partial charge in [-0.05, 0) is 24.3 Å². The average Bonchev–Trinajstić information content (AvgIpc) is 2.49. The summed E-state index contributed by atoms with van der Waals surface area (Å²) in [6.07, 6.45) is 0. The molecule has 0 atom stereocenters. The second kappa shape index (κ2) is 5.69. The molecule has 0 saturated carbocycles. The maximum atomic E-state index is 10.2. The lowest BCUT2D eigenvalue weighted by Gasteiger charge is -2.15. The molecule has 0 aliphatic rings.